The molecule has 0 aliphatic rings. The molecule has 0 radical (unpaired) electrons. The van der Waals surface area contributed by atoms with Crippen molar-refractivity contribution in [2.24, 2.45) is 0 Å². The molecule has 28 heavy (non-hydrogen) atoms. The molecule has 3 aromatic rings. The number of nitro benzene ring substituents is 1. The maximum absolute atomic E-state index is 12.0. The lowest BCUT2D eigenvalue weighted by Crippen LogP contribution is -2.11. The minimum absolute atomic E-state index is 0.158. The summed E-state index contributed by atoms with van der Waals surface area (Å²) in [5.74, 6) is -0.501. The van der Waals surface area contributed by atoms with E-state index in [1.165, 1.54) is 25.3 Å². The van der Waals surface area contributed by atoms with E-state index in [2.05, 4.69) is 10.2 Å². The highest BCUT2D eigenvalue weighted by molar-refractivity contribution is 7.99. The van der Waals surface area contributed by atoms with E-state index in [0.717, 1.165) is 11.8 Å². The van der Waals surface area contributed by atoms with E-state index >= 15 is 0 Å². The number of nitro groups is 1. The van der Waals surface area contributed by atoms with Crippen molar-refractivity contribution in [3.05, 3.63) is 57.6 Å². The molecule has 0 unspecified atom stereocenters. The average molecular weight is 422 g/mol. The summed E-state index contributed by atoms with van der Waals surface area (Å²) in [6.07, 6.45) is 0. The third-order valence-corrected chi connectivity index (χ3v) is 4.44. The summed E-state index contributed by atoms with van der Waals surface area (Å²) in [4.78, 5) is 22.5. The van der Waals surface area contributed by atoms with Gasteiger partial charge in [-0.05, 0) is 36.4 Å². The van der Waals surface area contributed by atoms with Gasteiger partial charge in [-0.15, -0.1) is 10.2 Å². The number of methoxy groups -OCH3 is 1. The molecule has 0 atom stereocenters. The largest absolute Gasteiger partial charge is 0.496 e. The van der Waals surface area contributed by atoms with Crippen molar-refractivity contribution in [1.82, 2.24) is 10.2 Å². The Bertz CT molecular complexity index is 1010. The van der Waals surface area contributed by atoms with Crippen molar-refractivity contribution in [3.63, 3.8) is 0 Å². The Morgan fingerprint density at radius 1 is 1.25 bits per heavy atom. The topological polar surface area (TPSA) is 118 Å². The molecule has 2 aromatic carbocycles. The first-order valence-corrected chi connectivity index (χ1v) is 9.08. The first-order valence-electron chi connectivity index (χ1n) is 7.71. The van der Waals surface area contributed by atoms with Crippen LogP contribution in [0.4, 0.5) is 5.69 Å². The van der Waals surface area contributed by atoms with E-state index in [9.17, 15) is 14.9 Å². The number of carbonyl (C=O) groups excluding carboxylic acids is 1. The molecule has 0 fully saturated rings. The van der Waals surface area contributed by atoms with Gasteiger partial charge in [-0.25, -0.2) is 0 Å². The highest BCUT2D eigenvalue weighted by atomic mass is 35.5. The molecule has 0 saturated carbocycles. The van der Waals surface area contributed by atoms with Gasteiger partial charge in [-0.2, -0.15) is 0 Å². The third-order valence-electron chi connectivity index (χ3n) is 3.40. The first-order chi connectivity index (χ1) is 13.5. The van der Waals surface area contributed by atoms with E-state index in [1.54, 1.807) is 24.3 Å². The molecule has 11 heteroatoms. The second kappa shape index (κ2) is 8.72. The quantitative estimate of drug-likeness (QED) is 0.183. The van der Waals surface area contributed by atoms with Crippen LogP contribution in [-0.2, 0) is 4.79 Å². The average Bonchev–Trinajstić information content (AvgIpc) is 3.16. The van der Waals surface area contributed by atoms with Crippen molar-refractivity contribution in [1.29, 1.82) is 0 Å². The number of halogens is 1. The molecule has 3 rings (SSSR count). The maximum Gasteiger partial charge on any atom is 0.322 e. The molecule has 0 amide bonds. The van der Waals surface area contributed by atoms with Crippen LogP contribution < -0.4 is 9.47 Å². The van der Waals surface area contributed by atoms with Crippen LogP contribution in [0.2, 0.25) is 5.02 Å². The number of esters is 1. The molecule has 0 spiro atoms. The van der Waals surface area contributed by atoms with E-state index in [1.807, 2.05) is 0 Å². The summed E-state index contributed by atoms with van der Waals surface area (Å²) in [5.41, 5.74) is 0.306. The molecule has 9 nitrogen and oxygen atoms in total. The van der Waals surface area contributed by atoms with Gasteiger partial charge in [0, 0.05) is 10.6 Å². The number of thioether (sulfide) groups is 1. The first kappa shape index (κ1) is 19.6. The molecule has 1 heterocycles. The van der Waals surface area contributed by atoms with Crippen molar-refractivity contribution in [3.8, 4) is 23.0 Å². The Morgan fingerprint density at radius 3 is 2.68 bits per heavy atom. The van der Waals surface area contributed by atoms with Crippen LogP contribution in [0.5, 0.6) is 11.5 Å². The summed E-state index contributed by atoms with van der Waals surface area (Å²) >= 11 is 6.78. The lowest BCUT2D eigenvalue weighted by molar-refractivity contribution is -0.385. The van der Waals surface area contributed by atoms with Crippen LogP contribution in [0.1, 0.15) is 0 Å². The standard InChI is InChI=1S/C17H12ClN3O6S/c1-25-12-6-7-14(13(8-12)21(23)24)26-15(22)9-28-17-20-19-16(27-17)10-2-4-11(18)5-3-10/h2-8H,9H2,1H3. The molecule has 144 valence electrons. The third kappa shape index (κ3) is 4.78. The predicted molar refractivity (Wildman–Crippen MR) is 101 cm³/mol. The zero-order valence-corrected chi connectivity index (χ0v) is 15.9. The summed E-state index contributed by atoms with van der Waals surface area (Å²) in [6.45, 7) is 0. The Balaban J connectivity index is 1.62. The van der Waals surface area contributed by atoms with Crippen LogP contribution in [0.3, 0.4) is 0 Å². The maximum atomic E-state index is 12.0. The van der Waals surface area contributed by atoms with Crippen LogP contribution in [0, 0.1) is 10.1 Å². The fourth-order valence-corrected chi connectivity index (χ4v) is 2.77. The van der Waals surface area contributed by atoms with Crippen molar-refractivity contribution < 1.29 is 23.6 Å². The zero-order chi connectivity index (χ0) is 20.1. The molecule has 0 N–H and O–H groups in total. The lowest BCUT2D eigenvalue weighted by Gasteiger charge is -2.05. The Labute approximate surface area is 167 Å². The number of hydrogen-bond acceptors (Lipinski definition) is 9. The molecule has 0 bridgehead atoms. The molecular formula is C17H12ClN3O6S. The molecule has 0 aliphatic heterocycles. The Morgan fingerprint density at radius 2 is 2.00 bits per heavy atom. The fourth-order valence-electron chi connectivity index (χ4n) is 2.10. The number of rotatable bonds is 7. The monoisotopic (exact) mass is 421 g/mol. The summed E-state index contributed by atoms with van der Waals surface area (Å²) in [5, 5.41) is 19.6. The second-order valence-electron chi connectivity index (χ2n) is 5.23. The molecular weight excluding hydrogens is 410 g/mol. The Hall–Kier alpha value is -3.11. The van der Waals surface area contributed by atoms with Crippen LogP contribution in [-0.4, -0.2) is 34.0 Å². The van der Waals surface area contributed by atoms with Crippen molar-refractivity contribution in [2.45, 2.75) is 5.22 Å². The van der Waals surface area contributed by atoms with Gasteiger partial charge in [-0.3, -0.25) is 14.9 Å². The van der Waals surface area contributed by atoms with Gasteiger partial charge < -0.3 is 13.9 Å². The molecule has 0 aliphatic carbocycles. The van der Waals surface area contributed by atoms with Gasteiger partial charge >= 0.3 is 11.7 Å². The van der Waals surface area contributed by atoms with Gasteiger partial charge in [0.15, 0.2) is 0 Å². The van der Waals surface area contributed by atoms with Crippen molar-refractivity contribution >= 4 is 35.0 Å². The Kier molecular flexibility index (Phi) is 6.12. The number of nitrogens with zero attached hydrogens (tertiary/aromatic N) is 3. The molecule has 1 aromatic heterocycles. The molecule has 0 saturated heterocycles. The highest BCUT2D eigenvalue weighted by Gasteiger charge is 2.20. The van der Waals surface area contributed by atoms with Gasteiger partial charge in [0.1, 0.15) is 11.5 Å². The van der Waals surface area contributed by atoms with E-state index in [-0.39, 0.29) is 34.1 Å². The smallest absolute Gasteiger partial charge is 0.322 e. The van der Waals surface area contributed by atoms with E-state index < -0.39 is 10.9 Å². The van der Waals surface area contributed by atoms with Gasteiger partial charge in [0.05, 0.1) is 18.1 Å². The normalized spacial score (nSPS) is 10.5. The highest BCUT2D eigenvalue weighted by Crippen LogP contribution is 2.31. The second-order valence-corrected chi connectivity index (χ2v) is 6.60. The van der Waals surface area contributed by atoms with E-state index in [4.69, 9.17) is 25.5 Å². The summed E-state index contributed by atoms with van der Waals surface area (Å²) in [7, 11) is 1.38. The number of ether oxygens (including phenoxy) is 2. The number of benzene rings is 2. The minimum atomic E-state index is -0.704. The van der Waals surface area contributed by atoms with Gasteiger partial charge in [0.25, 0.3) is 5.22 Å². The van der Waals surface area contributed by atoms with Crippen molar-refractivity contribution in [2.75, 3.05) is 12.9 Å². The SMILES string of the molecule is COc1ccc(OC(=O)CSc2nnc(-c3ccc(Cl)cc3)o2)c([N+](=O)[O-])c1. The van der Waals surface area contributed by atoms with Crippen LogP contribution >= 0.6 is 23.4 Å². The van der Waals surface area contributed by atoms with E-state index in [0.29, 0.717) is 10.6 Å². The zero-order valence-electron chi connectivity index (χ0n) is 14.3. The summed E-state index contributed by atoms with van der Waals surface area (Å²) in [6, 6.07) is 10.7. The van der Waals surface area contributed by atoms with Crippen LogP contribution in [0.25, 0.3) is 11.5 Å². The predicted octanol–water partition coefficient (Wildman–Crippen LogP) is 4.00. The lowest BCUT2D eigenvalue weighted by atomic mass is 10.2. The van der Waals surface area contributed by atoms with Gasteiger partial charge in [-0.1, -0.05) is 23.4 Å². The minimum Gasteiger partial charge on any atom is -0.496 e. The summed E-state index contributed by atoms with van der Waals surface area (Å²) < 4.78 is 15.5. The van der Waals surface area contributed by atoms with Gasteiger partial charge in [0.2, 0.25) is 11.6 Å². The number of carbonyl (C=O) groups is 1. The fraction of sp³-hybridized carbons (Fsp3) is 0.118. The number of aromatic nitrogens is 2. The van der Waals surface area contributed by atoms with Crippen LogP contribution in [0.15, 0.2) is 52.1 Å². The number of hydrogen-bond donors (Lipinski definition) is 0.